The summed E-state index contributed by atoms with van der Waals surface area (Å²) >= 11 is 6.11. The number of benzene rings is 2. The van der Waals surface area contributed by atoms with Crippen molar-refractivity contribution < 1.29 is 18.7 Å². The normalized spacial score (nSPS) is 10.8. The highest BCUT2D eigenvalue weighted by Crippen LogP contribution is 2.36. The van der Waals surface area contributed by atoms with E-state index in [1.54, 1.807) is 12.1 Å². The second kappa shape index (κ2) is 8.18. The van der Waals surface area contributed by atoms with Crippen LogP contribution in [0.4, 0.5) is 10.1 Å². The fourth-order valence-electron chi connectivity index (χ4n) is 2.07. The minimum Gasteiger partial charge on any atom is -0.493 e. The summed E-state index contributed by atoms with van der Waals surface area (Å²) in [5.74, 6) is -0.317. The van der Waals surface area contributed by atoms with E-state index in [0.29, 0.717) is 22.7 Å². The summed E-state index contributed by atoms with van der Waals surface area (Å²) < 4.78 is 23.2. The summed E-state index contributed by atoms with van der Waals surface area (Å²) in [4.78, 5) is 12.2. The Labute approximate surface area is 149 Å². The molecular weight excluding hydrogens is 347 g/mol. The number of nitrogens with zero attached hydrogens (tertiary/aromatic N) is 1. The van der Waals surface area contributed by atoms with E-state index in [4.69, 9.17) is 21.1 Å². The lowest BCUT2D eigenvalue weighted by Gasteiger charge is -2.10. The average molecular weight is 361 g/mol. The molecule has 7 heteroatoms. The van der Waals surface area contributed by atoms with Gasteiger partial charge in [-0.15, -0.1) is 0 Å². The Morgan fingerprint density at radius 3 is 2.48 bits per heavy atom. The van der Waals surface area contributed by atoms with Crippen LogP contribution >= 0.6 is 11.6 Å². The SMILES string of the molecule is COc1cc(/C=C(\C#N)C(=O)Nc2ccc(F)cc2)cc(Cl)c1OC. The molecule has 0 saturated carbocycles. The number of hydrogen-bond donors (Lipinski definition) is 1. The van der Waals surface area contributed by atoms with Gasteiger partial charge in [0.05, 0.1) is 19.2 Å². The Kier molecular flexibility index (Phi) is 5.98. The number of halogens is 2. The van der Waals surface area contributed by atoms with Crippen molar-refractivity contribution in [1.82, 2.24) is 0 Å². The van der Waals surface area contributed by atoms with Gasteiger partial charge in [-0.05, 0) is 48.0 Å². The van der Waals surface area contributed by atoms with Gasteiger partial charge in [0.15, 0.2) is 11.5 Å². The van der Waals surface area contributed by atoms with Gasteiger partial charge in [0.2, 0.25) is 0 Å². The van der Waals surface area contributed by atoms with Crippen LogP contribution in [0.3, 0.4) is 0 Å². The topological polar surface area (TPSA) is 71.3 Å². The molecule has 2 rings (SSSR count). The van der Waals surface area contributed by atoms with Crippen LogP contribution < -0.4 is 14.8 Å². The first kappa shape index (κ1) is 18.3. The number of anilines is 1. The first-order chi connectivity index (χ1) is 12.0. The molecule has 0 aliphatic heterocycles. The van der Waals surface area contributed by atoms with E-state index in [1.165, 1.54) is 44.6 Å². The Morgan fingerprint density at radius 1 is 1.24 bits per heavy atom. The smallest absolute Gasteiger partial charge is 0.266 e. The van der Waals surface area contributed by atoms with E-state index < -0.39 is 11.7 Å². The van der Waals surface area contributed by atoms with Crippen molar-refractivity contribution in [2.45, 2.75) is 0 Å². The molecule has 0 heterocycles. The minimum atomic E-state index is -0.625. The molecule has 0 saturated heterocycles. The Hall–Kier alpha value is -3.04. The highest BCUT2D eigenvalue weighted by Gasteiger charge is 2.13. The molecule has 0 unspecified atom stereocenters. The summed E-state index contributed by atoms with van der Waals surface area (Å²) in [5, 5.41) is 12.1. The first-order valence-corrected chi connectivity index (χ1v) is 7.46. The summed E-state index contributed by atoms with van der Waals surface area (Å²) in [5.41, 5.74) is 0.721. The first-order valence-electron chi connectivity index (χ1n) is 7.08. The minimum absolute atomic E-state index is 0.146. The lowest BCUT2D eigenvalue weighted by molar-refractivity contribution is -0.112. The Bertz CT molecular complexity index is 858. The maximum Gasteiger partial charge on any atom is 0.266 e. The van der Waals surface area contributed by atoms with Crippen molar-refractivity contribution in [1.29, 1.82) is 5.26 Å². The maximum absolute atomic E-state index is 12.9. The molecule has 2 aromatic carbocycles. The zero-order chi connectivity index (χ0) is 18.4. The van der Waals surface area contributed by atoms with Crippen LogP contribution in [0.5, 0.6) is 11.5 Å². The summed E-state index contributed by atoms with van der Waals surface area (Å²) in [6.07, 6.45) is 1.37. The number of carbonyl (C=O) groups excluding carboxylic acids is 1. The molecule has 0 aromatic heterocycles. The number of methoxy groups -OCH3 is 2. The number of amides is 1. The number of hydrogen-bond acceptors (Lipinski definition) is 4. The van der Waals surface area contributed by atoms with Gasteiger partial charge in [-0.3, -0.25) is 4.79 Å². The highest BCUT2D eigenvalue weighted by molar-refractivity contribution is 6.32. The molecule has 0 spiro atoms. The van der Waals surface area contributed by atoms with Crippen molar-refractivity contribution in [2.24, 2.45) is 0 Å². The molecule has 1 N–H and O–H groups in total. The van der Waals surface area contributed by atoms with Gasteiger partial charge in [-0.25, -0.2) is 4.39 Å². The van der Waals surface area contributed by atoms with Crippen LogP contribution in [-0.2, 0) is 4.79 Å². The monoisotopic (exact) mass is 360 g/mol. The molecule has 2 aromatic rings. The molecule has 0 fully saturated rings. The lowest BCUT2D eigenvalue weighted by Crippen LogP contribution is -2.13. The van der Waals surface area contributed by atoms with E-state index in [2.05, 4.69) is 5.32 Å². The van der Waals surface area contributed by atoms with Crippen LogP contribution in [0.2, 0.25) is 5.02 Å². The van der Waals surface area contributed by atoms with Gasteiger partial charge in [0.1, 0.15) is 17.5 Å². The molecule has 0 bridgehead atoms. The predicted molar refractivity (Wildman–Crippen MR) is 93.2 cm³/mol. The number of ether oxygens (including phenoxy) is 2. The number of nitrogens with one attached hydrogen (secondary N) is 1. The summed E-state index contributed by atoms with van der Waals surface area (Å²) in [6.45, 7) is 0. The van der Waals surface area contributed by atoms with E-state index in [9.17, 15) is 14.4 Å². The van der Waals surface area contributed by atoms with Crippen molar-refractivity contribution in [2.75, 3.05) is 19.5 Å². The van der Waals surface area contributed by atoms with Crippen LogP contribution in [0.1, 0.15) is 5.56 Å². The molecule has 0 aliphatic carbocycles. The third-order valence-corrected chi connectivity index (χ3v) is 3.51. The standard InChI is InChI=1S/C18H14ClFN2O3/c1-24-16-9-11(8-15(19)17(16)25-2)7-12(10-21)18(23)22-14-5-3-13(20)4-6-14/h3-9H,1-2H3,(H,22,23)/b12-7+. The van der Waals surface area contributed by atoms with E-state index >= 15 is 0 Å². The molecular formula is C18H14ClFN2O3. The number of carbonyl (C=O) groups is 1. The third-order valence-electron chi connectivity index (χ3n) is 3.23. The fraction of sp³-hybridized carbons (Fsp3) is 0.111. The van der Waals surface area contributed by atoms with Gasteiger partial charge in [-0.2, -0.15) is 5.26 Å². The zero-order valence-corrected chi connectivity index (χ0v) is 14.2. The molecule has 0 aliphatic rings. The van der Waals surface area contributed by atoms with E-state index in [-0.39, 0.29) is 10.6 Å². The molecule has 128 valence electrons. The molecule has 0 radical (unpaired) electrons. The zero-order valence-electron chi connectivity index (χ0n) is 13.5. The Morgan fingerprint density at radius 2 is 1.92 bits per heavy atom. The van der Waals surface area contributed by atoms with Gasteiger partial charge >= 0.3 is 0 Å². The molecule has 1 amide bonds. The fourth-order valence-corrected chi connectivity index (χ4v) is 2.36. The largest absolute Gasteiger partial charge is 0.493 e. The van der Waals surface area contributed by atoms with Gasteiger partial charge < -0.3 is 14.8 Å². The number of nitriles is 1. The van der Waals surface area contributed by atoms with Gasteiger partial charge in [-0.1, -0.05) is 11.6 Å². The van der Waals surface area contributed by atoms with E-state index in [0.717, 1.165) is 0 Å². The quantitative estimate of drug-likeness (QED) is 0.645. The van der Waals surface area contributed by atoms with Crippen molar-refractivity contribution in [3.05, 3.63) is 58.4 Å². The van der Waals surface area contributed by atoms with Crippen LogP contribution in [-0.4, -0.2) is 20.1 Å². The van der Waals surface area contributed by atoms with Crippen molar-refractivity contribution >= 4 is 29.3 Å². The summed E-state index contributed by atoms with van der Waals surface area (Å²) in [6, 6.07) is 10.2. The van der Waals surface area contributed by atoms with Gasteiger partial charge in [0.25, 0.3) is 5.91 Å². The lowest BCUT2D eigenvalue weighted by atomic mass is 10.1. The Balaban J connectivity index is 2.30. The predicted octanol–water partition coefficient (Wildman–Crippen LogP) is 4.04. The maximum atomic E-state index is 12.9. The van der Waals surface area contributed by atoms with Gasteiger partial charge in [0, 0.05) is 5.69 Å². The van der Waals surface area contributed by atoms with Crippen LogP contribution in [0.25, 0.3) is 6.08 Å². The van der Waals surface area contributed by atoms with Crippen molar-refractivity contribution in [3.8, 4) is 17.6 Å². The number of rotatable bonds is 5. The second-order valence-corrected chi connectivity index (χ2v) is 5.28. The molecule has 0 atom stereocenters. The summed E-state index contributed by atoms with van der Waals surface area (Å²) in [7, 11) is 2.91. The average Bonchev–Trinajstić information content (AvgIpc) is 2.60. The van der Waals surface area contributed by atoms with Crippen LogP contribution in [0.15, 0.2) is 42.0 Å². The second-order valence-electron chi connectivity index (χ2n) is 4.87. The van der Waals surface area contributed by atoms with Crippen molar-refractivity contribution in [3.63, 3.8) is 0 Å². The highest BCUT2D eigenvalue weighted by atomic mass is 35.5. The van der Waals surface area contributed by atoms with E-state index in [1.807, 2.05) is 6.07 Å². The van der Waals surface area contributed by atoms with Crippen LogP contribution in [0, 0.1) is 17.1 Å². The molecule has 5 nitrogen and oxygen atoms in total. The third kappa shape index (κ3) is 4.49. The molecule has 25 heavy (non-hydrogen) atoms.